The van der Waals surface area contributed by atoms with Crippen molar-refractivity contribution in [2.45, 2.75) is 31.6 Å². The lowest BCUT2D eigenvalue weighted by Crippen LogP contribution is -2.41. The topological polar surface area (TPSA) is 75.7 Å². The van der Waals surface area contributed by atoms with E-state index in [4.69, 9.17) is 16.3 Å². The number of aryl methyl sites for hydroxylation is 1. The Hall–Kier alpha value is -2.25. The first-order valence-corrected chi connectivity index (χ1v) is 10.8. The average molecular weight is 425 g/mol. The highest BCUT2D eigenvalue weighted by Gasteiger charge is 2.30. The maximum atomic E-state index is 13.4. The average Bonchev–Trinajstić information content (AvgIpc) is 2.67. The van der Waals surface area contributed by atoms with Gasteiger partial charge in [0.1, 0.15) is 17.2 Å². The summed E-state index contributed by atoms with van der Waals surface area (Å²) in [6.45, 7) is 3.96. The van der Waals surface area contributed by atoms with E-state index in [0.717, 1.165) is 22.7 Å². The van der Waals surface area contributed by atoms with Gasteiger partial charge in [-0.3, -0.25) is 9.10 Å². The van der Waals surface area contributed by atoms with Gasteiger partial charge in [-0.2, -0.15) is 0 Å². The predicted molar refractivity (Wildman–Crippen MR) is 112 cm³/mol. The second kappa shape index (κ2) is 9.80. The molecule has 0 radical (unpaired) electrons. The largest absolute Gasteiger partial charge is 0.495 e. The Morgan fingerprint density at radius 2 is 1.86 bits per heavy atom. The van der Waals surface area contributed by atoms with Crippen LogP contribution in [0, 0.1) is 6.92 Å². The number of nitrogens with zero attached hydrogens (tertiary/aromatic N) is 1. The van der Waals surface area contributed by atoms with Gasteiger partial charge in [0.15, 0.2) is 0 Å². The van der Waals surface area contributed by atoms with Gasteiger partial charge in [0, 0.05) is 11.6 Å². The van der Waals surface area contributed by atoms with Gasteiger partial charge in [-0.05, 0) is 55.3 Å². The number of hydrogen-bond acceptors (Lipinski definition) is 4. The van der Waals surface area contributed by atoms with Crippen LogP contribution in [0.2, 0.25) is 5.02 Å². The second-order valence-corrected chi connectivity index (χ2v) is 8.61. The summed E-state index contributed by atoms with van der Waals surface area (Å²) in [6, 6.07) is 11.2. The highest BCUT2D eigenvalue weighted by molar-refractivity contribution is 7.93. The van der Waals surface area contributed by atoms with Crippen molar-refractivity contribution in [1.29, 1.82) is 0 Å². The third-order valence-corrected chi connectivity index (χ3v) is 6.19. The maximum absolute atomic E-state index is 13.4. The molecule has 28 heavy (non-hydrogen) atoms. The Balaban J connectivity index is 2.46. The second-order valence-electron chi connectivity index (χ2n) is 6.35. The molecule has 0 unspecified atom stereocenters. The fraction of sp³-hybridized carbons (Fsp3) is 0.350. The zero-order chi connectivity index (χ0) is 20.7. The van der Waals surface area contributed by atoms with Gasteiger partial charge in [-0.25, -0.2) is 8.42 Å². The van der Waals surface area contributed by atoms with E-state index in [9.17, 15) is 13.2 Å². The number of methoxy groups -OCH3 is 1. The van der Waals surface area contributed by atoms with Crippen molar-refractivity contribution in [3.8, 4) is 5.75 Å². The minimum Gasteiger partial charge on any atom is -0.495 e. The molecule has 0 fully saturated rings. The molecule has 152 valence electrons. The number of anilines is 1. The lowest BCUT2D eigenvalue weighted by molar-refractivity contribution is -0.119. The minimum atomic E-state index is -4.05. The smallest absolute Gasteiger partial charge is 0.268 e. The Morgan fingerprint density at radius 1 is 1.18 bits per heavy atom. The molecule has 0 aliphatic carbocycles. The van der Waals surface area contributed by atoms with E-state index < -0.39 is 10.0 Å². The van der Waals surface area contributed by atoms with Crippen molar-refractivity contribution in [2.75, 3.05) is 24.5 Å². The summed E-state index contributed by atoms with van der Waals surface area (Å²) >= 11 is 5.94. The van der Waals surface area contributed by atoms with Crippen LogP contribution in [-0.4, -0.2) is 34.5 Å². The molecule has 0 aromatic heterocycles. The van der Waals surface area contributed by atoms with Crippen LogP contribution in [-0.2, 0) is 14.8 Å². The highest BCUT2D eigenvalue weighted by atomic mass is 35.5. The van der Waals surface area contributed by atoms with Crippen LogP contribution < -0.4 is 14.4 Å². The van der Waals surface area contributed by atoms with E-state index in [2.05, 4.69) is 5.32 Å². The number of hydrogen-bond donors (Lipinski definition) is 1. The minimum absolute atomic E-state index is 0.00584. The van der Waals surface area contributed by atoms with Crippen molar-refractivity contribution in [2.24, 2.45) is 0 Å². The number of ether oxygens (including phenoxy) is 1. The van der Waals surface area contributed by atoms with Crippen LogP contribution in [0.4, 0.5) is 5.69 Å². The third kappa shape index (κ3) is 5.39. The lowest BCUT2D eigenvalue weighted by Gasteiger charge is -2.25. The van der Waals surface area contributed by atoms with Gasteiger partial charge < -0.3 is 10.1 Å². The quantitative estimate of drug-likeness (QED) is 0.621. The molecule has 2 aromatic carbocycles. The van der Waals surface area contributed by atoms with Crippen LogP contribution in [0.15, 0.2) is 47.4 Å². The van der Waals surface area contributed by atoms with Crippen molar-refractivity contribution in [3.05, 3.63) is 53.1 Å². The first kappa shape index (κ1) is 22.0. The number of carbonyl (C=O) groups is 1. The molecule has 0 atom stereocenters. The molecule has 0 saturated heterocycles. The third-order valence-electron chi connectivity index (χ3n) is 4.14. The summed E-state index contributed by atoms with van der Waals surface area (Å²) in [5.41, 5.74) is 1.11. The highest BCUT2D eigenvalue weighted by Crippen LogP contribution is 2.31. The van der Waals surface area contributed by atoms with E-state index in [-0.39, 0.29) is 23.1 Å². The fourth-order valence-electron chi connectivity index (χ4n) is 2.62. The van der Waals surface area contributed by atoms with E-state index in [1.807, 2.05) is 6.92 Å². The van der Waals surface area contributed by atoms with Gasteiger partial charge in [-0.15, -0.1) is 0 Å². The van der Waals surface area contributed by atoms with Crippen LogP contribution in [0.25, 0.3) is 0 Å². The Bertz CT molecular complexity index is 914. The zero-order valence-corrected chi connectivity index (χ0v) is 17.8. The molecule has 2 rings (SSSR count). The van der Waals surface area contributed by atoms with Crippen LogP contribution in [0.3, 0.4) is 0 Å². The van der Waals surface area contributed by atoms with Crippen LogP contribution in [0.5, 0.6) is 5.75 Å². The zero-order valence-electron chi connectivity index (χ0n) is 16.2. The Morgan fingerprint density at radius 3 is 2.46 bits per heavy atom. The summed E-state index contributed by atoms with van der Waals surface area (Å²) in [7, 11) is -2.64. The molecule has 8 heteroatoms. The summed E-state index contributed by atoms with van der Waals surface area (Å²) in [6.07, 6.45) is 1.76. The van der Waals surface area contributed by atoms with E-state index in [1.165, 1.54) is 13.2 Å². The number of halogens is 1. The lowest BCUT2D eigenvalue weighted by atomic mass is 10.2. The molecule has 6 nitrogen and oxygen atoms in total. The van der Waals surface area contributed by atoms with Crippen LogP contribution >= 0.6 is 11.6 Å². The van der Waals surface area contributed by atoms with Gasteiger partial charge in [0.25, 0.3) is 10.0 Å². The number of carbonyl (C=O) groups excluding carboxylic acids is 1. The normalized spacial score (nSPS) is 11.1. The molecule has 2 aromatic rings. The van der Waals surface area contributed by atoms with Gasteiger partial charge >= 0.3 is 0 Å². The number of nitrogens with one attached hydrogen (secondary N) is 1. The predicted octanol–water partition coefficient (Wildman–Crippen LogP) is 3.77. The van der Waals surface area contributed by atoms with E-state index in [1.54, 1.807) is 43.3 Å². The monoisotopic (exact) mass is 424 g/mol. The molecule has 0 heterocycles. The summed E-state index contributed by atoms with van der Waals surface area (Å²) in [5, 5.41) is 3.23. The molecule has 0 aliphatic rings. The molecule has 0 saturated carbocycles. The van der Waals surface area contributed by atoms with Crippen molar-refractivity contribution in [1.82, 2.24) is 5.32 Å². The van der Waals surface area contributed by atoms with Gasteiger partial charge in [0.2, 0.25) is 5.91 Å². The van der Waals surface area contributed by atoms with Crippen LogP contribution in [0.1, 0.15) is 25.3 Å². The molecular weight excluding hydrogens is 400 g/mol. The number of amides is 1. The number of benzene rings is 2. The van der Waals surface area contributed by atoms with Gasteiger partial charge in [0.05, 0.1) is 12.8 Å². The molecule has 0 bridgehead atoms. The maximum Gasteiger partial charge on any atom is 0.268 e. The summed E-state index contributed by atoms with van der Waals surface area (Å²) in [4.78, 5) is 12.4. The standard InChI is InChI=1S/C20H25ClN2O4S/c1-4-5-12-22-20(24)14-23(17-9-7-16(21)8-10-17)28(25,26)19-13-15(2)6-11-18(19)27-3/h6-11,13H,4-5,12,14H2,1-3H3,(H,22,24). The summed E-state index contributed by atoms with van der Waals surface area (Å²) in [5.74, 6) is -0.158. The molecule has 1 N–H and O–H groups in total. The number of unbranched alkanes of at least 4 members (excludes halogenated alkanes) is 1. The first-order chi connectivity index (χ1) is 13.3. The molecule has 1 amide bonds. The molecular formula is C20H25ClN2O4S. The number of sulfonamides is 1. The Labute approximate surface area is 171 Å². The molecule has 0 spiro atoms. The number of rotatable bonds is 9. The van der Waals surface area contributed by atoms with Crippen molar-refractivity contribution < 1.29 is 17.9 Å². The van der Waals surface area contributed by atoms with Crippen molar-refractivity contribution >= 4 is 33.2 Å². The molecule has 0 aliphatic heterocycles. The van der Waals surface area contributed by atoms with E-state index >= 15 is 0 Å². The SMILES string of the molecule is CCCCNC(=O)CN(c1ccc(Cl)cc1)S(=O)(=O)c1cc(C)ccc1OC. The fourth-order valence-corrected chi connectivity index (χ4v) is 4.41. The van der Waals surface area contributed by atoms with Crippen molar-refractivity contribution in [3.63, 3.8) is 0 Å². The summed E-state index contributed by atoms with van der Waals surface area (Å²) < 4.78 is 33.2. The van der Waals surface area contributed by atoms with Gasteiger partial charge in [-0.1, -0.05) is 31.0 Å². The van der Waals surface area contributed by atoms with E-state index in [0.29, 0.717) is 17.3 Å². The Kier molecular flexibility index (Phi) is 7.71. The first-order valence-electron chi connectivity index (χ1n) is 8.99.